The molecule has 0 atom stereocenters. The summed E-state index contributed by atoms with van der Waals surface area (Å²) in [6.07, 6.45) is 0. The second-order valence-electron chi connectivity index (χ2n) is 5.04. The van der Waals surface area contributed by atoms with Gasteiger partial charge in [0.2, 0.25) is 0 Å². The molecule has 0 radical (unpaired) electrons. The first kappa shape index (κ1) is 18.0. The van der Waals surface area contributed by atoms with Crippen molar-refractivity contribution in [1.82, 2.24) is 4.98 Å². The van der Waals surface area contributed by atoms with E-state index in [1.54, 1.807) is 30.3 Å². The van der Waals surface area contributed by atoms with Crippen molar-refractivity contribution in [3.63, 3.8) is 0 Å². The number of hydrogen-bond acceptors (Lipinski definition) is 5. The maximum absolute atomic E-state index is 12.6. The number of nitrogens with zero attached hydrogens (tertiary/aromatic N) is 1. The molecule has 130 valence electrons. The number of sulfonamides is 1. The van der Waals surface area contributed by atoms with Crippen LogP contribution in [-0.4, -0.2) is 25.6 Å². The summed E-state index contributed by atoms with van der Waals surface area (Å²) in [7, 11) is -2.53. The Morgan fingerprint density at radius 1 is 1.24 bits per heavy atom. The van der Waals surface area contributed by atoms with Gasteiger partial charge in [-0.25, -0.2) is 4.98 Å². The van der Waals surface area contributed by atoms with Crippen molar-refractivity contribution in [2.24, 2.45) is 0 Å². The van der Waals surface area contributed by atoms with Crippen LogP contribution in [0.4, 0.5) is 5.69 Å². The van der Waals surface area contributed by atoms with E-state index in [0.717, 1.165) is 0 Å². The van der Waals surface area contributed by atoms with Crippen molar-refractivity contribution in [2.75, 3.05) is 11.8 Å². The largest absolute Gasteiger partial charge is 0.505 e. The third kappa shape index (κ3) is 3.46. The van der Waals surface area contributed by atoms with Gasteiger partial charge in [0.05, 0.1) is 21.4 Å². The Morgan fingerprint density at radius 3 is 2.68 bits per heavy atom. The van der Waals surface area contributed by atoms with Gasteiger partial charge in [-0.2, -0.15) is 8.42 Å². The maximum atomic E-state index is 12.6. The van der Waals surface area contributed by atoms with Crippen LogP contribution in [0.3, 0.4) is 0 Å². The highest BCUT2D eigenvalue weighted by atomic mass is 127. The number of nitrogens with one attached hydrogen (secondary N) is 1. The number of benzene rings is 2. The summed E-state index contributed by atoms with van der Waals surface area (Å²) in [6, 6.07) is 11.1. The number of fused-ring (bicyclic) bond motifs is 1. The Kier molecular flexibility index (Phi) is 4.94. The number of para-hydroxylation sites is 2. The van der Waals surface area contributed by atoms with Crippen LogP contribution in [0.15, 0.2) is 47.5 Å². The fraction of sp³-hybridized carbons (Fsp3) is 0.0625. The molecule has 3 aromatic rings. The van der Waals surface area contributed by atoms with Crippen LogP contribution in [0.1, 0.15) is 0 Å². The fourth-order valence-electron chi connectivity index (χ4n) is 2.26. The van der Waals surface area contributed by atoms with E-state index in [-0.39, 0.29) is 22.0 Å². The van der Waals surface area contributed by atoms with Crippen LogP contribution in [0.5, 0.6) is 11.5 Å². The molecule has 2 aromatic carbocycles. The SMILES string of the molecule is COc1ccccc1NS(=O)(=O)c1ccc2c(Cl)cc(I)c(O)c2n1. The third-order valence-corrected chi connectivity index (χ3v) is 5.86. The third-order valence-electron chi connectivity index (χ3n) is 3.46. The van der Waals surface area contributed by atoms with Crippen molar-refractivity contribution < 1.29 is 18.3 Å². The van der Waals surface area contributed by atoms with Crippen LogP contribution in [0, 0.1) is 3.57 Å². The van der Waals surface area contributed by atoms with E-state index >= 15 is 0 Å². The van der Waals surface area contributed by atoms with Crippen LogP contribution in [-0.2, 0) is 10.0 Å². The standard InChI is InChI=1S/C16H12ClIN2O4S/c1-24-13-5-3-2-4-12(13)20-25(22,23)14-7-6-9-10(17)8-11(18)16(21)15(9)19-14/h2-8,20-21H,1H3. The molecule has 2 N–H and O–H groups in total. The first-order valence-electron chi connectivity index (χ1n) is 6.97. The molecule has 0 saturated carbocycles. The van der Waals surface area contributed by atoms with E-state index in [0.29, 0.717) is 19.7 Å². The van der Waals surface area contributed by atoms with Crippen LogP contribution < -0.4 is 9.46 Å². The average molecular weight is 491 g/mol. The lowest BCUT2D eigenvalue weighted by Gasteiger charge is -2.12. The molecule has 1 heterocycles. The zero-order valence-corrected chi connectivity index (χ0v) is 16.6. The van der Waals surface area contributed by atoms with E-state index in [2.05, 4.69) is 9.71 Å². The minimum atomic E-state index is -3.98. The maximum Gasteiger partial charge on any atom is 0.279 e. The summed E-state index contributed by atoms with van der Waals surface area (Å²) in [4.78, 5) is 4.09. The number of aromatic hydroxyl groups is 1. The van der Waals surface area contributed by atoms with E-state index < -0.39 is 10.0 Å². The molecule has 25 heavy (non-hydrogen) atoms. The Labute approximate surface area is 163 Å². The minimum Gasteiger partial charge on any atom is -0.505 e. The molecule has 0 fully saturated rings. The Morgan fingerprint density at radius 2 is 1.96 bits per heavy atom. The number of hydrogen-bond donors (Lipinski definition) is 2. The lowest BCUT2D eigenvalue weighted by molar-refractivity contribution is 0.417. The Balaban J connectivity index is 2.10. The lowest BCUT2D eigenvalue weighted by atomic mass is 10.2. The zero-order chi connectivity index (χ0) is 18.2. The van der Waals surface area contributed by atoms with Crippen molar-refractivity contribution in [3.05, 3.63) is 51.1 Å². The molecule has 0 aliphatic heterocycles. The number of phenolic OH excluding ortho intramolecular Hbond substituents is 1. The molecule has 0 bridgehead atoms. The first-order chi connectivity index (χ1) is 11.8. The van der Waals surface area contributed by atoms with Crippen molar-refractivity contribution >= 4 is 60.8 Å². The number of pyridine rings is 1. The van der Waals surface area contributed by atoms with Gasteiger partial charge in [0.1, 0.15) is 11.3 Å². The predicted octanol–water partition coefficient (Wildman–Crippen LogP) is 4.01. The number of phenols is 1. The Hall–Kier alpha value is -1.78. The quantitative estimate of drug-likeness (QED) is 0.540. The Bertz CT molecular complexity index is 1070. The highest BCUT2D eigenvalue weighted by molar-refractivity contribution is 14.1. The highest BCUT2D eigenvalue weighted by Crippen LogP contribution is 2.35. The average Bonchev–Trinajstić information content (AvgIpc) is 2.59. The van der Waals surface area contributed by atoms with Gasteiger partial charge in [0.15, 0.2) is 10.8 Å². The summed E-state index contributed by atoms with van der Waals surface area (Å²) < 4.78 is 33.4. The molecule has 0 amide bonds. The molecule has 0 aliphatic rings. The molecule has 6 nitrogen and oxygen atoms in total. The van der Waals surface area contributed by atoms with Crippen LogP contribution in [0.2, 0.25) is 5.02 Å². The topological polar surface area (TPSA) is 88.5 Å². The van der Waals surface area contributed by atoms with E-state index in [9.17, 15) is 13.5 Å². The molecular weight excluding hydrogens is 479 g/mol. The summed E-state index contributed by atoms with van der Waals surface area (Å²) >= 11 is 8.04. The fourth-order valence-corrected chi connectivity index (χ4v) is 4.29. The first-order valence-corrected chi connectivity index (χ1v) is 9.91. The van der Waals surface area contributed by atoms with E-state index in [1.807, 2.05) is 22.6 Å². The summed E-state index contributed by atoms with van der Waals surface area (Å²) in [5.74, 6) is 0.265. The number of halogens is 2. The summed E-state index contributed by atoms with van der Waals surface area (Å²) in [5, 5.41) is 10.8. The van der Waals surface area contributed by atoms with Gasteiger partial charge in [-0.3, -0.25) is 4.72 Å². The number of rotatable bonds is 4. The van der Waals surface area contributed by atoms with Gasteiger partial charge >= 0.3 is 0 Å². The monoisotopic (exact) mass is 490 g/mol. The number of anilines is 1. The zero-order valence-electron chi connectivity index (χ0n) is 12.8. The number of aromatic nitrogens is 1. The molecule has 3 rings (SSSR count). The number of ether oxygens (including phenoxy) is 1. The number of methoxy groups -OCH3 is 1. The molecule has 0 saturated heterocycles. The molecule has 0 spiro atoms. The molecule has 0 unspecified atom stereocenters. The van der Waals surface area contributed by atoms with Gasteiger partial charge in [-0.05, 0) is 52.9 Å². The molecule has 0 aliphatic carbocycles. The molecular formula is C16H12ClIN2O4S. The van der Waals surface area contributed by atoms with Crippen molar-refractivity contribution in [2.45, 2.75) is 5.03 Å². The molecule has 1 aromatic heterocycles. The second kappa shape index (κ2) is 6.85. The van der Waals surface area contributed by atoms with Crippen molar-refractivity contribution in [1.29, 1.82) is 0 Å². The van der Waals surface area contributed by atoms with E-state index in [1.165, 1.54) is 19.2 Å². The van der Waals surface area contributed by atoms with Gasteiger partial charge in [-0.1, -0.05) is 23.7 Å². The normalized spacial score (nSPS) is 11.5. The lowest BCUT2D eigenvalue weighted by Crippen LogP contribution is -2.15. The van der Waals surface area contributed by atoms with Gasteiger partial charge in [-0.15, -0.1) is 0 Å². The minimum absolute atomic E-state index is 0.116. The smallest absolute Gasteiger partial charge is 0.279 e. The van der Waals surface area contributed by atoms with E-state index in [4.69, 9.17) is 16.3 Å². The van der Waals surface area contributed by atoms with Gasteiger partial charge < -0.3 is 9.84 Å². The highest BCUT2D eigenvalue weighted by Gasteiger charge is 2.20. The van der Waals surface area contributed by atoms with Crippen molar-refractivity contribution in [3.8, 4) is 11.5 Å². The van der Waals surface area contributed by atoms with Crippen LogP contribution >= 0.6 is 34.2 Å². The summed E-state index contributed by atoms with van der Waals surface area (Å²) in [5.41, 5.74) is 0.414. The second-order valence-corrected chi connectivity index (χ2v) is 8.24. The van der Waals surface area contributed by atoms with Gasteiger partial charge in [0, 0.05) is 5.39 Å². The van der Waals surface area contributed by atoms with Gasteiger partial charge in [0.25, 0.3) is 10.0 Å². The predicted molar refractivity (Wildman–Crippen MR) is 105 cm³/mol. The van der Waals surface area contributed by atoms with Crippen LogP contribution in [0.25, 0.3) is 10.9 Å². The summed E-state index contributed by atoms with van der Waals surface area (Å²) in [6.45, 7) is 0. The molecule has 9 heteroatoms.